The van der Waals surface area contributed by atoms with E-state index in [1.165, 1.54) is 36.6 Å². The van der Waals surface area contributed by atoms with Gasteiger partial charge in [-0.1, -0.05) is 29.3 Å². The van der Waals surface area contributed by atoms with E-state index in [9.17, 15) is 9.90 Å². The monoisotopic (exact) mass is 515 g/mol. The standard InChI is InChI=1S/C25H27Cl2N5O3/c1-14-12-16(4-5-17(14)15-8-10-32(2)11-9-15)29-25-28-13-18(24(31-25)35-3)23(34)30-22-19(26)6-7-20(33)21(22)27/h4-7,12-13,15,33H,8-11H2,1-3H3,(H,30,34)(H,28,29,31). The summed E-state index contributed by atoms with van der Waals surface area (Å²) < 4.78 is 5.33. The smallest absolute Gasteiger partial charge is 0.262 e. The Morgan fingerprint density at radius 3 is 2.63 bits per heavy atom. The number of ether oxygens (including phenoxy) is 1. The van der Waals surface area contributed by atoms with E-state index >= 15 is 0 Å². The molecular formula is C25H27Cl2N5O3. The Morgan fingerprint density at radius 1 is 1.20 bits per heavy atom. The lowest BCUT2D eigenvalue weighted by Crippen LogP contribution is -2.29. The Bertz CT molecular complexity index is 1250. The normalized spacial score (nSPS) is 14.5. The van der Waals surface area contributed by atoms with Gasteiger partial charge in [-0.3, -0.25) is 4.79 Å². The number of nitrogens with one attached hydrogen (secondary N) is 2. The molecule has 1 fully saturated rings. The zero-order valence-electron chi connectivity index (χ0n) is 19.7. The lowest BCUT2D eigenvalue weighted by molar-refractivity contribution is 0.102. The number of phenolic OH excluding ortho intramolecular Hbond substituents is 1. The van der Waals surface area contributed by atoms with Crippen LogP contribution in [0, 0.1) is 6.92 Å². The predicted molar refractivity (Wildman–Crippen MR) is 139 cm³/mol. The Labute approximate surface area is 214 Å². The molecule has 1 aliphatic rings. The first-order valence-corrected chi connectivity index (χ1v) is 12.0. The highest BCUT2D eigenvalue weighted by Crippen LogP contribution is 2.37. The molecule has 0 aliphatic carbocycles. The SMILES string of the molecule is COc1nc(Nc2ccc(C3CCN(C)CC3)c(C)c2)ncc1C(=O)Nc1c(Cl)ccc(O)c1Cl. The number of aromatic hydroxyl groups is 1. The van der Waals surface area contributed by atoms with Crippen LogP contribution in [0.1, 0.15) is 40.2 Å². The van der Waals surface area contributed by atoms with Gasteiger partial charge in [-0.2, -0.15) is 4.98 Å². The molecule has 3 N–H and O–H groups in total. The molecule has 8 nitrogen and oxygen atoms in total. The van der Waals surface area contributed by atoms with E-state index in [0.717, 1.165) is 31.6 Å². The summed E-state index contributed by atoms with van der Waals surface area (Å²) in [7, 11) is 3.58. The number of amides is 1. The van der Waals surface area contributed by atoms with Crippen molar-refractivity contribution in [2.24, 2.45) is 0 Å². The Balaban J connectivity index is 1.50. The molecule has 4 rings (SSSR count). The number of methoxy groups -OCH3 is 1. The Morgan fingerprint density at radius 2 is 1.94 bits per heavy atom. The minimum absolute atomic E-state index is 0.0666. The molecule has 35 heavy (non-hydrogen) atoms. The Kier molecular flexibility index (Phi) is 7.64. The number of hydrogen-bond donors (Lipinski definition) is 3. The number of halogens is 2. The lowest BCUT2D eigenvalue weighted by atomic mass is 9.87. The molecule has 3 aromatic rings. The minimum atomic E-state index is -0.582. The third-order valence-electron chi connectivity index (χ3n) is 6.19. The molecule has 184 valence electrons. The van der Waals surface area contributed by atoms with E-state index in [1.54, 1.807) is 0 Å². The molecule has 0 atom stereocenters. The number of carbonyl (C=O) groups is 1. The zero-order valence-corrected chi connectivity index (χ0v) is 21.2. The molecule has 0 bridgehead atoms. The highest BCUT2D eigenvalue weighted by Gasteiger charge is 2.21. The molecular weight excluding hydrogens is 489 g/mol. The summed E-state index contributed by atoms with van der Waals surface area (Å²) in [5.41, 5.74) is 3.60. The number of aryl methyl sites for hydroxylation is 1. The molecule has 10 heteroatoms. The summed E-state index contributed by atoms with van der Waals surface area (Å²) in [4.78, 5) is 23.8. The fourth-order valence-electron chi connectivity index (χ4n) is 4.23. The molecule has 2 heterocycles. The lowest BCUT2D eigenvalue weighted by Gasteiger charge is -2.30. The van der Waals surface area contributed by atoms with Gasteiger partial charge in [-0.25, -0.2) is 4.98 Å². The van der Waals surface area contributed by atoms with Gasteiger partial charge in [0, 0.05) is 11.9 Å². The number of carbonyl (C=O) groups excluding carboxylic acids is 1. The van der Waals surface area contributed by atoms with Gasteiger partial charge in [0.15, 0.2) is 0 Å². The van der Waals surface area contributed by atoms with Crippen molar-refractivity contribution in [2.45, 2.75) is 25.7 Å². The van der Waals surface area contributed by atoms with Crippen LogP contribution < -0.4 is 15.4 Å². The van der Waals surface area contributed by atoms with E-state index in [2.05, 4.69) is 51.6 Å². The van der Waals surface area contributed by atoms with E-state index in [1.807, 2.05) is 6.07 Å². The predicted octanol–water partition coefficient (Wildman–Crippen LogP) is 5.61. The van der Waals surface area contributed by atoms with Crippen LogP contribution in [0.3, 0.4) is 0 Å². The topological polar surface area (TPSA) is 99.6 Å². The number of rotatable bonds is 6. The van der Waals surface area contributed by atoms with Gasteiger partial charge in [-0.05, 0) is 81.2 Å². The van der Waals surface area contributed by atoms with Crippen molar-refractivity contribution in [1.29, 1.82) is 0 Å². The molecule has 0 unspecified atom stereocenters. The van der Waals surface area contributed by atoms with Gasteiger partial charge < -0.3 is 25.4 Å². The summed E-state index contributed by atoms with van der Waals surface area (Å²) in [6, 6.07) is 9.03. The number of likely N-dealkylation sites (tertiary alicyclic amines) is 1. The number of anilines is 3. The van der Waals surface area contributed by atoms with Gasteiger partial charge in [-0.15, -0.1) is 0 Å². The minimum Gasteiger partial charge on any atom is -0.506 e. The van der Waals surface area contributed by atoms with Crippen molar-refractivity contribution < 1.29 is 14.6 Å². The van der Waals surface area contributed by atoms with Crippen LogP contribution in [-0.4, -0.2) is 53.1 Å². The molecule has 1 saturated heterocycles. The maximum absolute atomic E-state index is 12.8. The summed E-state index contributed by atoms with van der Waals surface area (Å²) in [6.45, 7) is 4.34. The fraction of sp³-hybridized carbons (Fsp3) is 0.320. The summed E-state index contributed by atoms with van der Waals surface area (Å²) in [6.07, 6.45) is 3.67. The van der Waals surface area contributed by atoms with Gasteiger partial charge in [0.2, 0.25) is 11.8 Å². The number of aromatic nitrogens is 2. The maximum Gasteiger partial charge on any atom is 0.262 e. The van der Waals surface area contributed by atoms with Crippen molar-refractivity contribution in [1.82, 2.24) is 14.9 Å². The molecule has 0 radical (unpaired) electrons. The Hall–Kier alpha value is -3.07. The van der Waals surface area contributed by atoms with Crippen molar-refractivity contribution >= 4 is 46.4 Å². The van der Waals surface area contributed by atoms with Gasteiger partial charge in [0.05, 0.1) is 17.8 Å². The number of piperidine rings is 1. The van der Waals surface area contributed by atoms with Crippen LogP contribution >= 0.6 is 23.2 Å². The quantitative estimate of drug-likeness (QED) is 0.392. The van der Waals surface area contributed by atoms with Crippen molar-refractivity contribution in [3.63, 3.8) is 0 Å². The third kappa shape index (κ3) is 5.61. The maximum atomic E-state index is 12.8. The summed E-state index contributed by atoms with van der Waals surface area (Å²) >= 11 is 12.2. The average molecular weight is 516 g/mol. The fourth-order valence-corrected chi connectivity index (χ4v) is 4.70. The molecule has 0 spiro atoms. The molecule has 1 amide bonds. The highest BCUT2D eigenvalue weighted by atomic mass is 35.5. The summed E-state index contributed by atoms with van der Waals surface area (Å²) in [5.74, 6) is 0.153. The molecule has 1 aliphatic heterocycles. The van der Waals surface area contributed by atoms with E-state index in [-0.39, 0.29) is 32.9 Å². The van der Waals surface area contributed by atoms with Crippen molar-refractivity contribution in [3.8, 4) is 11.6 Å². The van der Waals surface area contributed by atoms with Crippen LogP contribution in [0.4, 0.5) is 17.3 Å². The van der Waals surface area contributed by atoms with Gasteiger partial charge in [0.1, 0.15) is 16.3 Å². The average Bonchev–Trinajstić information content (AvgIpc) is 2.85. The zero-order chi connectivity index (χ0) is 25.1. The van der Waals surface area contributed by atoms with E-state index < -0.39 is 5.91 Å². The first-order chi connectivity index (χ1) is 16.8. The number of benzene rings is 2. The second kappa shape index (κ2) is 10.7. The molecule has 1 aromatic heterocycles. The van der Waals surface area contributed by atoms with Crippen LogP contribution in [0.15, 0.2) is 36.5 Å². The van der Waals surface area contributed by atoms with Crippen LogP contribution in [0.2, 0.25) is 10.0 Å². The highest BCUT2D eigenvalue weighted by molar-refractivity contribution is 6.40. The second-order valence-corrected chi connectivity index (χ2v) is 9.39. The number of nitrogens with zero attached hydrogens (tertiary/aromatic N) is 3. The van der Waals surface area contributed by atoms with Gasteiger partial charge in [0.25, 0.3) is 5.91 Å². The van der Waals surface area contributed by atoms with Crippen LogP contribution in [-0.2, 0) is 0 Å². The van der Waals surface area contributed by atoms with E-state index in [0.29, 0.717) is 11.9 Å². The number of hydrogen-bond acceptors (Lipinski definition) is 7. The molecule has 0 saturated carbocycles. The van der Waals surface area contributed by atoms with E-state index in [4.69, 9.17) is 27.9 Å². The molecule has 2 aromatic carbocycles. The summed E-state index contributed by atoms with van der Waals surface area (Å²) in [5, 5.41) is 15.7. The number of phenols is 1. The van der Waals surface area contributed by atoms with Gasteiger partial charge >= 0.3 is 0 Å². The first-order valence-electron chi connectivity index (χ1n) is 11.2. The van der Waals surface area contributed by atoms with Crippen molar-refractivity contribution in [2.75, 3.05) is 37.9 Å². The first kappa shape index (κ1) is 25.0. The van der Waals surface area contributed by atoms with Crippen LogP contribution in [0.5, 0.6) is 11.6 Å². The third-order valence-corrected chi connectivity index (χ3v) is 6.88. The second-order valence-electron chi connectivity index (χ2n) is 8.60. The van der Waals surface area contributed by atoms with Crippen molar-refractivity contribution in [3.05, 3.63) is 63.3 Å². The van der Waals surface area contributed by atoms with Crippen LogP contribution in [0.25, 0.3) is 0 Å². The largest absolute Gasteiger partial charge is 0.506 e.